The van der Waals surface area contributed by atoms with Crippen LogP contribution in [0.2, 0.25) is 0 Å². The van der Waals surface area contributed by atoms with Crippen molar-refractivity contribution in [1.29, 1.82) is 0 Å². The van der Waals surface area contributed by atoms with Crippen molar-refractivity contribution in [1.82, 2.24) is 4.31 Å². The maximum absolute atomic E-state index is 12.6. The third-order valence-corrected chi connectivity index (χ3v) is 6.61. The van der Waals surface area contributed by atoms with Crippen molar-refractivity contribution in [2.45, 2.75) is 4.90 Å². The average molecular weight is 448 g/mol. The Hall–Kier alpha value is -2.95. The predicted octanol–water partition coefficient (Wildman–Crippen LogP) is 1.57. The van der Waals surface area contributed by atoms with Crippen LogP contribution in [0.5, 0.6) is 0 Å². The minimum atomic E-state index is -3.60. The third kappa shape index (κ3) is 5.81. The number of hydrogen-bond acceptors (Lipinski definition) is 7. The van der Waals surface area contributed by atoms with E-state index in [9.17, 15) is 18.0 Å². The van der Waals surface area contributed by atoms with E-state index in [0.29, 0.717) is 37.6 Å². The van der Waals surface area contributed by atoms with E-state index in [4.69, 9.17) is 9.47 Å². The summed E-state index contributed by atoms with van der Waals surface area (Å²) in [7, 11) is 0.183. The summed E-state index contributed by atoms with van der Waals surface area (Å²) >= 11 is 0. The number of nitrogens with zero attached hydrogens (tertiary/aromatic N) is 2. The molecule has 1 fully saturated rings. The molecule has 2 aromatic rings. The lowest BCUT2D eigenvalue weighted by atomic mass is 10.2. The number of sulfonamides is 1. The zero-order chi connectivity index (χ0) is 22.4. The number of amides is 1. The molecule has 3 rings (SSSR count). The molecule has 1 aliphatic rings. The fraction of sp³-hybridized carbons (Fsp3) is 0.333. The standard InChI is InChI=1S/C21H25N3O6S/c1-23(2)18-7-3-16(4-8-18)21(26)30-15-20(25)22-17-5-9-19(10-6-17)31(27,28)24-11-13-29-14-12-24/h3-10H,11-15H2,1-2H3,(H,22,25). The monoisotopic (exact) mass is 447 g/mol. The van der Waals surface area contributed by atoms with Crippen molar-refractivity contribution < 1.29 is 27.5 Å². The van der Waals surface area contributed by atoms with Gasteiger partial charge in [0.2, 0.25) is 10.0 Å². The maximum Gasteiger partial charge on any atom is 0.338 e. The van der Waals surface area contributed by atoms with Crippen LogP contribution in [0.1, 0.15) is 10.4 Å². The van der Waals surface area contributed by atoms with E-state index in [1.807, 2.05) is 19.0 Å². The number of morpholine rings is 1. The van der Waals surface area contributed by atoms with Gasteiger partial charge in [-0.2, -0.15) is 4.31 Å². The fourth-order valence-corrected chi connectivity index (χ4v) is 4.36. The summed E-state index contributed by atoms with van der Waals surface area (Å²) in [4.78, 5) is 26.2. The number of carbonyl (C=O) groups excluding carboxylic acids is 2. The van der Waals surface area contributed by atoms with Gasteiger partial charge < -0.3 is 19.7 Å². The molecule has 1 saturated heterocycles. The maximum atomic E-state index is 12.6. The molecule has 1 heterocycles. The molecule has 0 aromatic heterocycles. The third-order valence-electron chi connectivity index (χ3n) is 4.70. The number of carbonyl (C=O) groups is 2. The molecule has 0 spiro atoms. The van der Waals surface area contributed by atoms with Crippen LogP contribution in [0.25, 0.3) is 0 Å². The van der Waals surface area contributed by atoms with Crippen LogP contribution in [0, 0.1) is 0 Å². The lowest BCUT2D eigenvalue weighted by Crippen LogP contribution is -2.40. The molecule has 1 aliphatic heterocycles. The first-order valence-electron chi connectivity index (χ1n) is 9.70. The number of esters is 1. The number of benzene rings is 2. The molecule has 166 valence electrons. The second-order valence-electron chi connectivity index (χ2n) is 7.11. The quantitative estimate of drug-likeness (QED) is 0.642. The van der Waals surface area contributed by atoms with Gasteiger partial charge in [0, 0.05) is 38.6 Å². The van der Waals surface area contributed by atoms with Gasteiger partial charge >= 0.3 is 5.97 Å². The molecule has 0 aliphatic carbocycles. The van der Waals surface area contributed by atoms with Gasteiger partial charge in [-0.3, -0.25) is 4.79 Å². The Bertz CT molecular complexity index is 1010. The summed E-state index contributed by atoms with van der Waals surface area (Å²) in [5.74, 6) is -1.13. The summed E-state index contributed by atoms with van der Waals surface area (Å²) in [5, 5.41) is 2.58. The van der Waals surface area contributed by atoms with Gasteiger partial charge in [0.05, 0.1) is 23.7 Å². The van der Waals surface area contributed by atoms with Crippen molar-refractivity contribution >= 4 is 33.3 Å². The van der Waals surface area contributed by atoms with E-state index in [-0.39, 0.29) is 4.90 Å². The first kappa shape index (κ1) is 22.7. The van der Waals surface area contributed by atoms with Crippen LogP contribution >= 0.6 is 0 Å². The van der Waals surface area contributed by atoms with Gasteiger partial charge in [-0.25, -0.2) is 13.2 Å². The highest BCUT2D eigenvalue weighted by Crippen LogP contribution is 2.19. The van der Waals surface area contributed by atoms with Crippen LogP contribution in [0.15, 0.2) is 53.4 Å². The van der Waals surface area contributed by atoms with Gasteiger partial charge in [-0.15, -0.1) is 0 Å². The fourth-order valence-electron chi connectivity index (χ4n) is 2.95. The molecule has 2 aromatic carbocycles. The molecule has 0 unspecified atom stereocenters. The van der Waals surface area contributed by atoms with Crippen LogP contribution < -0.4 is 10.2 Å². The molecule has 9 nitrogen and oxygen atoms in total. The average Bonchev–Trinajstić information content (AvgIpc) is 2.78. The molecule has 0 radical (unpaired) electrons. The van der Waals surface area contributed by atoms with E-state index in [2.05, 4.69) is 5.32 Å². The van der Waals surface area contributed by atoms with E-state index in [0.717, 1.165) is 5.69 Å². The highest BCUT2D eigenvalue weighted by Gasteiger charge is 2.26. The molecular weight excluding hydrogens is 422 g/mol. The Morgan fingerprint density at radius 3 is 2.23 bits per heavy atom. The molecule has 0 saturated carbocycles. The van der Waals surface area contributed by atoms with Gasteiger partial charge in [-0.1, -0.05) is 0 Å². The Balaban J connectivity index is 1.53. The highest BCUT2D eigenvalue weighted by molar-refractivity contribution is 7.89. The smallest absolute Gasteiger partial charge is 0.338 e. The van der Waals surface area contributed by atoms with Crippen LogP contribution in [0.3, 0.4) is 0 Å². The first-order valence-corrected chi connectivity index (χ1v) is 11.1. The lowest BCUT2D eigenvalue weighted by Gasteiger charge is -2.26. The summed E-state index contributed by atoms with van der Waals surface area (Å²) in [6.45, 7) is 0.897. The van der Waals surface area contributed by atoms with E-state index in [1.165, 1.54) is 28.6 Å². The molecule has 31 heavy (non-hydrogen) atoms. The largest absolute Gasteiger partial charge is 0.452 e. The van der Waals surface area contributed by atoms with Crippen molar-refractivity contribution in [3.63, 3.8) is 0 Å². The van der Waals surface area contributed by atoms with Crippen molar-refractivity contribution in [3.8, 4) is 0 Å². The van der Waals surface area contributed by atoms with E-state index < -0.39 is 28.5 Å². The highest BCUT2D eigenvalue weighted by atomic mass is 32.2. The van der Waals surface area contributed by atoms with Crippen LogP contribution in [-0.2, 0) is 24.3 Å². The summed E-state index contributed by atoms with van der Waals surface area (Å²) in [6.07, 6.45) is 0. The topological polar surface area (TPSA) is 105 Å². The van der Waals surface area contributed by atoms with Gasteiger partial charge in [0.25, 0.3) is 5.91 Å². The minimum Gasteiger partial charge on any atom is -0.452 e. The summed E-state index contributed by atoms with van der Waals surface area (Å²) in [6, 6.07) is 12.7. The summed E-state index contributed by atoms with van der Waals surface area (Å²) < 4.78 is 36.8. The number of anilines is 2. The molecule has 0 bridgehead atoms. The van der Waals surface area contributed by atoms with Gasteiger partial charge in [0.15, 0.2) is 6.61 Å². The Morgan fingerprint density at radius 2 is 1.65 bits per heavy atom. The van der Waals surface area contributed by atoms with Crippen molar-refractivity contribution in [2.75, 3.05) is 57.2 Å². The van der Waals surface area contributed by atoms with E-state index >= 15 is 0 Å². The van der Waals surface area contributed by atoms with E-state index in [1.54, 1.807) is 24.3 Å². The second kappa shape index (κ2) is 9.90. The lowest BCUT2D eigenvalue weighted by molar-refractivity contribution is -0.119. The number of nitrogens with one attached hydrogen (secondary N) is 1. The first-order chi connectivity index (χ1) is 14.8. The molecule has 1 amide bonds. The Kier molecular flexibility index (Phi) is 7.26. The second-order valence-corrected chi connectivity index (χ2v) is 9.04. The normalized spacial score (nSPS) is 14.6. The number of rotatable bonds is 7. The predicted molar refractivity (Wildman–Crippen MR) is 116 cm³/mol. The number of hydrogen-bond donors (Lipinski definition) is 1. The minimum absolute atomic E-state index is 0.139. The molecule has 10 heteroatoms. The zero-order valence-corrected chi connectivity index (χ0v) is 18.2. The molecular formula is C21H25N3O6S. The SMILES string of the molecule is CN(C)c1ccc(C(=O)OCC(=O)Nc2ccc(S(=O)(=O)N3CCOCC3)cc2)cc1. The van der Waals surface area contributed by atoms with Crippen LogP contribution in [0.4, 0.5) is 11.4 Å². The summed E-state index contributed by atoms with van der Waals surface area (Å²) in [5.41, 5.74) is 1.68. The zero-order valence-electron chi connectivity index (χ0n) is 17.4. The molecule has 0 atom stereocenters. The van der Waals surface area contributed by atoms with Crippen LogP contribution in [-0.4, -0.2) is 71.6 Å². The number of ether oxygens (including phenoxy) is 2. The van der Waals surface area contributed by atoms with Crippen molar-refractivity contribution in [2.24, 2.45) is 0 Å². The molecule has 1 N–H and O–H groups in total. The van der Waals surface area contributed by atoms with Gasteiger partial charge in [-0.05, 0) is 48.5 Å². The Morgan fingerprint density at radius 1 is 1.03 bits per heavy atom. The van der Waals surface area contributed by atoms with Gasteiger partial charge in [0.1, 0.15) is 0 Å². The Labute approximate surface area is 181 Å². The van der Waals surface area contributed by atoms with Crippen molar-refractivity contribution in [3.05, 3.63) is 54.1 Å².